The molecule has 116 valence electrons. The minimum absolute atomic E-state index is 0.0804. The van der Waals surface area contributed by atoms with Crippen LogP contribution >= 0.6 is 0 Å². The number of hydrogen-bond donors (Lipinski definition) is 1. The van der Waals surface area contributed by atoms with E-state index in [1.165, 1.54) is 13.5 Å². The minimum Gasteiger partial charge on any atom is -0.487 e. The molecule has 21 heavy (non-hydrogen) atoms. The Morgan fingerprint density at radius 2 is 2.05 bits per heavy atom. The topological polar surface area (TPSA) is 61.5 Å². The molecule has 2 unspecified atom stereocenters. The second kappa shape index (κ2) is 5.96. The Morgan fingerprint density at radius 1 is 1.33 bits per heavy atom. The van der Waals surface area contributed by atoms with Gasteiger partial charge < -0.3 is 15.2 Å². The van der Waals surface area contributed by atoms with E-state index in [4.69, 9.17) is 15.2 Å². The Kier molecular flexibility index (Phi) is 4.45. The number of nitrogens with two attached hydrogens (primary N) is 1. The molecule has 0 bridgehead atoms. The number of hydrogen-bond acceptors (Lipinski definition) is 4. The summed E-state index contributed by atoms with van der Waals surface area (Å²) < 4.78 is 10.9. The molecule has 2 rings (SSSR count). The molecule has 1 aliphatic rings. The molecule has 0 aliphatic heterocycles. The zero-order chi connectivity index (χ0) is 15.6. The van der Waals surface area contributed by atoms with Gasteiger partial charge in [-0.1, -0.05) is 26.8 Å². The number of benzene rings is 1. The van der Waals surface area contributed by atoms with Crippen LogP contribution in [0, 0.1) is 11.3 Å². The van der Waals surface area contributed by atoms with Gasteiger partial charge in [-0.05, 0) is 42.7 Å². The lowest BCUT2D eigenvalue weighted by atomic mass is 9.71. The van der Waals surface area contributed by atoms with E-state index in [0.717, 1.165) is 12.8 Å². The molecule has 1 saturated carbocycles. The smallest absolute Gasteiger partial charge is 0.341 e. The van der Waals surface area contributed by atoms with Crippen molar-refractivity contribution in [3.05, 3.63) is 23.8 Å². The number of esters is 1. The summed E-state index contributed by atoms with van der Waals surface area (Å²) in [6.45, 7) is 6.76. The average molecular weight is 291 g/mol. The number of methoxy groups -OCH3 is 1. The van der Waals surface area contributed by atoms with E-state index < -0.39 is 5.97 Å². The highest BCUT2D eigenvalue weighted by atomic mass is 16.5. The van der Waals surface area contributed by atoms with Gasteiger partial charge in [0.05, 0.1) is 18.9 Å². The molecule has 1 fully saturated rings. The number of carbonyl (C=O) groups excluding carboxylic acids is 1. The summed E-state index contributed by atoms with van der Waals surface area (Å²) in [7, 11) is 1.36. The maximum atomic E-state index is 11.9. The summed E-state index contributed by atoms with van der Waals surface area (Å²) in [5.41, 5.74) is 7.13. The normalized spacial score (nSPS) is 24.4. The van der Waals surface area contributed by atoms with Gasteiger partial charge in [-0.3, -0.25) is 0 Å². The molecular formula is C17H25NO3. The van der Waals surface area contributed by atoms with Crippen LogP contribution in [0.4, 0.5) is 5.69 Å². The standard InChI is InChI=1S/C17H25NO3/c1-11-8-12(10-17(2,3)9-11)21-15-13(16(19)20-4)6-5-7-14(15)18/h5-7,11-12H,8-10,18H2,1-4H3. The molecule has 0 spiro atoms. The molecule has 0 heterocycles. The van der Waals surface area contributed by atoms with Crippen LogP contribution in [0.1, 0.15) is 50.4 Å². The van der Waals surface area contributed by atoms with Gasteiger partial charge in [-0.25, -0.2) is 4.79 Å². The maximum Gasteiger partial charge on any atom is 0.341 e. The van der Waals surface area contributed by atoms with E-state index in [0.29, 0.717) is 22.9 Å². The van der Waals surface area contributed by atoms with Crippen molar-refractivity contribution < 1.29 is 14.3 Å². The second-order valence-corrected chi connectivity index (χ2v) is 6.87. The molecular weight excluding hydrogens is 266 g/mol. The van der Waals surface area contributed by atoms with Gasteiger partial charge >= 0.3 is 5.97 Å². The number of anilines is 1. The highest BCUT2D eigenvalue weighted by Gasteiger charge is 2.34. The Bertz CT molecular complexity index is 525. The van der Waals surface area contributed by atoms with Crippen molar-refractivity contribution in [1.82, 2.24) is 0 Å². The zero-order valence-electron chi connectivity index (χ0n) is 13.3. The van der Waals surface area contributed by atoms with Crippen LogP contribution < -0.4 is 10.5 Å². The lowest BCUT2D eigenvalue weighted by Crippen LogP contribution is -2.34. The van der Waals surface area contributed by atoms with Crippen molar-refractivity contribution in [3.8, 4) is 5.75 Å². The third-order valence-electron chi connectivity index (χ3n) is 4.08. The van der Waals surface area contributed by atoms with Crippen molar-refractivity contribution in [1.29, 1.82) is 0 Å². The van der Waals surface area contributed by atoms with E-state index in [9.17, 15) is 4.79 Å². The van der Waals surface area contributed by atoms with Crippen LogP contribution in [0.25, 0.3) is 0 Å². The first-order valence-corrected chi connectivity index (χ1v) is 7.46. The third-order valence-corrected chi connectivity index (χ3v) is 4.08. The van der Waals surface area contributed by atoms with Crippen LogP contribution in [0.5, 0.6) is 5.75 Å². The summed E-state index contributed by atoms with van der Waals surface area (Å²) in [5.74, 6) is 0.643. The van der Waals surface area contributed by atoms with Crippen LogP contribution in [0.15, 0.2) is 18.2 Å². The van der Waals surface area contributed by atoms with Crippen molar-refractivity contribution in [2.75, 3.05) is 12.8 Å². The quantitative estimate of drug-likeness (QED) is 0.682. The van der Waals surface area contributed by atoms with Crippen molar-refractivity contribution in [2.24, 2.45) is 11.3 Å². The van der Waals surface area contributed by atoms with E-state index in [2.05, 4.69) is 20.8 Å². The molecule has 0 radical (unpaired) electrons. The summed E-state index contributed by atoms with van der Waals surface area (Å²) in [5, 5.41) is 0. The Balaban J connectivity index is 2.25. The molecule has 0 saturated heterocycles. The highest BCUT2D eigenvalue weighted by Crippen LogP contribution is 2.41. The molecule has 2 N–H and O–H groups in total. The molecule has 0 aromatic heterocycles. The van der Waals surface area contributed by atoms with Crippen molar-refractivity contribution >= 4 is 11.7 Å². The summed E-state index contributed by atoms with van der Waals surface area (Å²) in [6.07, 6.45) is 3.22. The molecule has 4 nitrogen and oxygen atoms in total. The van der Waals surface area contributed by atoms with Gasteiger partial charge in [-0.2, -0.15) is 0 Å². The molecule has 0 amide bonds. The van der Waals surface area contributed by atoms with E-state index >= 15 is 0 Å². The van der Waals surface area contributed by atoms with Crippen molar-refractivity contribution in [2.45, 2.75) is 46.1 Å². The fourth-order valence-electron chi connectivity index (χ4n) is 3.47. The number of carbonyl (C=O) groups is 1. The third kappa shape index (κ3) is 3.69. The number of nitrogen functional groups attached to an aromatic ring is 1. The Labute approximate surface area is 126 Å². The molecule has 4 heteroatoms. The van der Waals surface area contributed by atoms with Crippen LogP contribution in [0.2, 0.25) is 0 Å². The second-order valence-electron chi connectivity index (χ2n) is 6.87. The average Bonchev–Trinajstić information content (AvgIpc) is 2.38. The van der Waals surface area contributed by atoms with Gasteiger partial charge in [0.15, 0.2) is 5.75 Å². The molecule has 2 atom stereocenters. The van der Waals surface area contributed by atoms with Crippen LogP contribution in [-0.2, 0) is 4.74 Å². The van der Waals surface area contributed by atoms with Gasteiger partial charge in [0, 0.05) is 0 Å². The fraction of sp³-hybridized carbons (Fsp3) is 0.588. The summed E-state index contributed by atoms with van der Waals surface area (Å²) in [4.78, 5) is 11.9. The Hall–Kier alpha value is -1.71. The largest absolute Gasteiger partial charge is 0.487 e. The predicted octanol–water partition coefficient (Wildman–Crippen LogP) is 3.65. The zero-order valence-corrected chi connectivity index (χ0v) is 13.3. The first kappa shape index (κ1) is 15.7. The van der Waals surface area contributed by atoms with Gasteiger partial charge in [0.25, 0.3) is 0 Å². The van der Waals surface area contributed by atoms with Gasteiger partial charge in [0.2, 0.25) is 0 Å². The highest BCUT2D eigenvalue weighted by molar-refractivity contribution is 5.94. The predicted molar refractivity (Wildman–Crippen MR) is 83.4 cm³/mol. The summed E-state index contributed by atoms with van der Waals surface area (Å²) in [6, 6.07) is 5.18. The van der Waals surface area contributed by atoms with Crippen molar-refractivity contribution in [3.63, 3.8) is 0 Å². The first-order valence-electron chi connectivity index (χ1n) is 7.46. The molecule has 1 aromatic carbocycles. The monoisotopic (exact) mass is 291 g/mol. The maximum absolute atomic E-state index is 11.9. The van der Waals surface area contributed by atoms with E-state index in [1.54, 1.807) is 18.2 Å². The minimum atomic E-state index is -0.416. The number of ether oxygens (including phenoxy) is 2. The SMILES string of the molecule is COC(=O)c1cccc(N)c1OC1CC(C)CC(C)(C)C1. The first-order chi connectivity index (χ1) is 9.82. The van der Waals surface area contributed by atoms with E-state index in [1.807, 2.05) is 0 Å². The number of rotatable bonds is 3. The fourth-order valence-corrected chi connectivity index (χ4v) is 3.47. The molecule has 1 aromatic rings. The van der Waals surface area contributed by atoms with E-state index in [-0.39, 0.29) is 11.5 Å². The van der Waals surface area contributed by atoms with Gasteiger partial charge in [0.1, 0.15) is 5.56 Å². The summed E-state index contributed by atoms with van der Waals surface area (Å²) >= 11 is 0. The van der Waals surface area contributed by atoms with Crippen LogP contribution in [-0.4, -0.2) is 19.2 Å². The van der Waals surface area contributed by atoms with Gasteiger partial charge in [-0.15, -0.1) is 0 Å². The lowest BCUT2D eigenvalue weighted by Gasteiger charge is -2.39. The van der Waals surface area contributed by atoms with Crippen LogP contribution in [0.3, 0.4) is 0 Å². The number of para-hydroxylation sites is 1. The Morgan fingerprint density at radius 3 is 2.67 bits per heavy atom. The molecule has 1 aliphatic carbocycles. The lowest BCUT2D eigenvalue weighted by molar-refractivity contribution is 0.0509.